The van der Waals surface area contributed by atoms with Crippen molar-refractivity contribution in [3.63, 3.8) is 0 Å². The van der Waals surface area contributed by atoms with Gasteiger partial charge in [-0.05, 0) is 18.2 Å². The number of nitrogens with two attached hydrogens (primary N) is 1. The number of benzene rings is 1. The van der Waals surface area contributed by atoms with Crippen molar-refractivity contribution >= 4 is 17.6 Å². The van der Waals surface area contributed by atoms with Crippen LogP contribution in [0.15, 0.2) is 35.1 Å². The van der Waals surface area contributed by atoms with Crippen LogP contribution >= 0.6 is 11.6 Å². The third-order valence-electron chi connectivity index (χ3n) is 3.33. The van der Waals surface area contributed by atoms with E-state index in [4.69, 9.17) is 31.7 Å². The molecule has 0 aliphatic rings. The summed E-state index contributed by atoms with van der Waals surface area (Å²) in [5, 5.41) is 12.8. The standard InChI is InChI=1S/C16H13ClFN5O4/c17-9-6-20-16(21-7-9)26-12-2-1-8(3-11(12)18)15-22-13(27-23-15)4-10(19)5-14(24)25/h1-3,6-7,10H,4-5,19H2,(H,24,25). The Hall–Kier alpha value is -3.11. The van der Waals surface area contributed by atoms with E-state index in [1.54, 1.807) is 0 Å². The summed E-state index contributed by atoms with van der Waals surface area (Å²) in [7, 11) is 0. The Labute approximate surface area is 157 Å². The summed E-state index contributed by atoms with van der Waals surface area (Å²) in [4.78, 5) is 22.4. The Morgan fingerprint density at radius 1 is 1.37 bits per heavy atom. The van der Waals surface area contributed by atoms with E-state index in [9.17, 15) is 9.18 Å². The van der Waals surface area contributed by atoms with E-state index in [2.05, 4.69) is 20.1 Å². The molecule has 3 aromatic rings. The fraction of sp³-hybridized carbons (Fsp3) is 0.188. The Kier molecular flexibility index (Phi) is 5.57. The van der Waals surface area contributed by atoms with Crippen LogP contribution in [0.25, 0.3) is 11.4 Å². The fourth-order valence-corrected chi connectivity index (χ4v) is 2.25. The van der Waals surface area contributed by atoms with Crippen molar-refractivity contribution in [1.82, 2.24) is 20.1 Å². The molecule has 1 atom stereocenters. The zero-order valence-electron chi connectivity index (χ0n) is 13.7. The van der Waals surface area contributed by atoms with Crippen LogP contribution < -0.4 is 10.5 Å². The van der Waals surface area contributed by atoms with E-state index in [0.717, 1.165) is 6.07 Å². The van der Waals surface area contributed by atoms with Crippen molar-refractivity contribution in [3.05, 3.63) is 47.3 Å². The normalized spacial score (nSPS) is 12.0. The topological polar surface area (TPSA) is 137 Å². The number of halogens is 2. The number of carboxylic acids is 1. The van der Waals surface area contributed by atoms with Crippen LogP contribution in [0.5, 0.6) is 11.8 Å². The van der Waals surface area contributed by atoms with Crippen molar-refractivity contribution < 1.29 is 23.6 Å². The van der Waals surface area contributed by atoms with E-state index < -0.39 is 17.8 Å². The molecule has 3 N–H and O–H groups in total. The summed E-state index contributed by atoms with van der Waals surface area (Å²) in [6.45, 7) is 0. The predicted octanol–water partition coefficient (Wildman–Crippen LogP) is 2.46. The van der Waals surface area contributed by atoms with Crippen LogP contribution in [0.1, 0.15) is 12.3 Å². The van der Waals surface area contributed by atoms with Crippen molar-refractivity contribution in [2.75, 3.05) is 0 Å². The monoisotopic (exact) mass is 393 g/mol. The molecule has 0 saturated carbocycles. The number of hydrogen-bond donors (Lipinski definition) is 2. The SMILES string of the molecule is NC(CC(=O)O)Cc1nc(-c2ccc(Oc3ncc(Cl)cn3)c(F)c2)no1. The summed E-state index contributed by atoms with van der Waals surface area (Å²) in [6.07, 6.45) is 2.51. The maximum Gasteiger partial charge on any atom is 0.322 e. The van der Waals surface area contributed by atoms with Gasteiger partial charge in [-0.3, -0.25) is 4.79 Å². The van der Waals surface area contributed by atoms with Gasteiger partial charge in [-0.1, -0.05) is 16.8 Å². The van der Waals surface area contributed by atoms with Gasteiger partial charge in [0.05, 0.1) is 23.8 Å². The Morgan fingerprint density at radius 3 is 2.78 bits per heavy atom. The maximum absolute atomic E-state index is 14.3. The van der Waals surface area contributed by atoms with Crippen molar-refractivity contribution in [1.29, 1.82) is 0 Å². The maximum atomic E-state index is 14.3. The highest BCUT2D eigenvalue weighted by Gasteiger charge is 2.16. The van der Waals surface area contributed by atoms with E-state index in [0.29, 0.717) is 10.6 Å². The zero-order chi connectivity index (χ0) is 19.4. The summed E-state index contributed by atoms with van der Waals surface area (Å²) >= 11 is 5.68. The molecule has 3 rings (SSSR count). The first-order chi connectivity index (χ1) is 12.9. The van der Waals surface area contributed by atoms with Crippen LogP contribution in [0.2, 0.25) is 5.02 Å². The molecule has 2 heterocycles. The quantitative estimate of drug-likeness (QED) is 0.619. The minimum absolute atomic E-state index is 0.0553. The fourth-order valence-electron chi connectivity index (χ4n) is 2.15. The molecule has 0 aliphatic carbocycles. The molecule has 11 heteroatoms. The largest absolute Gasteiger partial charge is 0.481 e. The van der Waals surface area contributed by atoms with Gasteiger partial charge in [0.15, 0.2) is 11.6 Å². The first-order valence-corrected chi connectivity index (χ1v) is 8.04. The van der Waals surface area contributed by atoms with Gasteiger partial charge in [0.25, 0.3) is 0 Å². The Morgan fingerprint density at radius 2 is 2.11 bits per heavy atom. The number of hydrogen-bond acceptors (Lipinski definition) is 8. The first kappa shape index (κ1) is 18.7. The molecule has 0 saturated heterocycles. The smallest absolute Gasteiger partial charge is 0.322 e. The van der Waals surface area contributed by atoms with E-state index in [1.807, 2.05) is 0 Å². The second-order valence-corrected chi connectivity index (χ2v) is 5.94. The number of ether oxygens (including phenoxy) is 1. The minimum atomic E-state index is -1.02. The molecule has 1 unspecified atom stereocenters. The van der Waals surface area contributed by atoms with Gasteiger partial charge in [0.2, 0.25) is 11.7 Å². The average Bonchev–Trinajstić information content (AvgIpc) is 3.06. The minimum Gasteiger partial charge on any atom is -0.481 e. The van der Waals surface area contributed by atoms with Gasteiger partial charge in [-0.15, -0.1) is 0 Å². The Bertz CT molecular complexity index is 950. The van der Waals surface area contributed by atoms with Crippen molar-refractivity contribution in [2.45, 2.75) is 18.9 Å². The van der Waals surface area contributed by atoms with Crippen LogP contribution in [-0.4, -0.2) is 37.2 Å². The molecule has 27 heavy (non-hydrogen) atoms. The van der Waals surface area contributed by atoms with Gasteiger partial charge in [-0.2, -0.15) is 4.98 Å². The van der Waals surface area contributed by atoms with Crippen LogP contribution in [0.4, 0.5) is 4.39 Å². The van der Waals surface area contributed by atoms with Gasteiger partial charge in [0.1, 0.15) is 0 Å². The van der Waals surface area contributed by atoms with E-state index in [-0.39, 0.29) is 36.3 Å². The van der Waals surface area contributed by atoms with Crippen LogP contribution in [0, 0.1) is 5.82 Å². The molecule has 1 aromatic carbocycles. The summed E-state index contributed by atoms with van der Waals surface area (Å²) in [6, 6.07) is 3.34. The lowest BCUT2D eigenvalue weighted by Gasteiger charge is -2.05. The molecule has 0 bridgehead atoms. The number of carbonyl (C=O) groups is 1. The molecular weight excluding hydrogens is 381 g/mol. The molecule has 0 spiro atoms. The molecule has 2 aromatic heterocycles. The second-order valence-electron chi connectivity index (χ2n) is 5.50. The average molecular weight is 394 g/mol. The van der Waals surface area contributed by atoms with E-state index >= 15 is 0 Å². The molecule has 0 radical (unpaired) electrons. The summed E-state index contributed by atoms with van der Waals surface area (Å²) in [5.74, 6) is -1.49. The van der Waals surface area contributed by atoms with Crippen LogP contribution in [-0.2, 0) is 11.2 Å². The molecule has 0 fully saturated rings. The first-order valence-electron chi connectivity index (χ1n) is 7.66. The molecule has 0 aliphatic heterocycles. The second kappa shape index (κ2) is 8.06. The van der Waals surface area contributed by atoms with Gasteiger partial charge in [-0.25, -0.2) is 14.4 Å². The van der Waals surface area contributed by atoms with Gasteiger partial charge in [0, 0.05) is 18.0 Å². The third kappa shape index (κ3) is 4.96. The lowest BCUT2D eigenvalue weighted by molar-refractivity contribution is -0.137. The third-order valence-corrected chi connectivity index (χ3v) is 3.52. The lowest BCUT2D eigenvalue weighted by Crippen LogP contribution is -2.26. The van der Waals surface area contributed by atoms with Crippen LogP contribution in [0.3, 0.4) is 0 Å². The molecule has 140 valence electrons. The summed E-state index contributed by atoms with van der Waals surface area (Å²) < 4.78 is 24.6. The summed E-state index contributed by atoms with van der Waals surface area (Å²) in [5.41, 5.74) is 6.02. The highest BCUT2D eigenvalue weighted by Crippen LogP contribution is 2.26. The predicted molar refractivity (Wildman–Crippen MR) is 90.7 cm³/mol. The highest BCUT2D eigenvalue weighted by atomic mass is 35.5. The van der Waals surface area contributed by atoms with Crippen molar-refractivity contribution in [2.24, 2.45) is 5.73 Å². The number of aliphatic carboxylic acids is 1. The lowest BCUT2D eigenvalue weighted by atomic mass is 10.1. The highest BCUT2D eigenvalue weighted by molar-refractivity contribution is 6.30. The molecule has 9 nitrogen and oxygen atoms in total. The molecule has 0 amide bonds. The Balaban J connectivity index is 1.72. The number of rotatable bonds is 7. The molecular formula is C16H13ClFN5O4. The van der Waals surface area contributed by atoms with E-state index in [1.165, 1.54) is 24.5 Å². The van der Waals surface area contributed by atoms with Crippen molar-refractivity contribution in [3.8, 4) is 23.1 Å². The van der Waals surface area contributed by atoms with Gasteiger partial charge >= 0.3 is 12.0 Å². The number of aromatic nitrogens is 4. The number of carboxylic acid groups (broad SMARTS) is 1. The zero-order valence-corrected chi connectivity index (χ0v) is 14.4. The number of nitrogens with zero attached hydrogens (tertiary/aromatic N) is 4. The van der Waals surface area contributed by atoms with Gasteiger partial charge < -0.3 is 20.1 Å².